The average Bonchev–Trinajstić information content (AvgIpc) is 3.27. The van der Waals surface area contributed by atoms with Gasteiger partial charge in [-0.2, -0.15) is 0 Å². The molecule has 1 atom stereocenters. The molecule has 4 heterocycles. The minimum absolute atomic E-state index is 0.0513. The molecule has 0 radical (unpaired) electrons. The van der Waals surface area contributed by atoms with Gasteiger partial charge >= 0.3 is 12.1 Å². The Labute approximate surface area is 237 Å². The van der Waals surface area contributed by atoms with Gasteiger partial charge in [-0.15, -0.1) is 0 Å². The predicted molar refractivity (Wildman–Crippen MR) is 151 cm³/mol. The summed E-state index contributed by atoms with van der Waals surface area (Å²) in [7, 11) is 1.68. The fourth-order valence-corrected chi connectivity index (χ4v) is 5.86. The summed E-state index contributed by atoms with van der Waals surface area (Å²) >= 11 is 0. The first-order valence-electron chi connectivity index (χ1n) is 13.9. The first-order chi connectivity index (χ1) is 19.2. The molecule has 0 unspecified atom stereocenters. The van der Waals surface area contributed by atoms with Crippen LogP contribution < -0.4 is 5.56 Å². The zero-order chi connectivity index (χ0) is 30.0. The lowest BCUT2D eigenvalue weighted by Crippen LogP contribution is -2.44. The molecule has 0 aliphatic carbocycles. The number of ether oxygens (including phenoxy) is 2. The van der Waals surface area contributed by atoms with E-state index in [0.717, 1.165) is 22.1 Å². The van der Waals surface area contributed by atoms with Crippen molar-refractivity contribution in [2.45, 2.75) is 85.2 Å². The smallest absolute Gasteiger partial charge is 0.410 e. The van der Waals surface area contributed by atoms with E-state index in [4.69, 9.17) is 14.5 Å². The monoisotopic (exact) mass is 565 g/mol. The summed E-state index contributed by atoms with van der Waals surface area (Å²) in [5.41, 5.74) is 2.18. The number of cyclic esters (lactones) is 1. The molecular weight excluding hydrogens is 529 g/mol. The normalized spacial score (nSPS) is 17.6. The summed E-state index contributed by atoms with van der Waals surface area (Å²) in [4.78, 5) is 44.7. The predicted octanol–water partition coefficient (Wildman–Crippen LogP) is 4.64. The second-order valence-corrected chi connectivity index (χ2v) is 12.0. The van der Waals surface area contributed by atoms with E-state index in [0.29, 0.717) is 41.9 Å². The van der Waals surface area contributed by atoms with Crippen molar-refractivity contribution in [2.24, 2.45) is 0 Å². The van der Waals surface area contributed by atoms with Gasteiger partial charge in [0.15, 0.2) is 5.60 Å². The van der Waals surface area contributed by atoms with Crippen molar-refractivity contribution in [2.75, 3.05) is 13.6 Å². The number of aliphatic hydroxyl groups is 1. The number of benzene rings is 1. The maximum Gasteiger partial charge on any atom is 0.410 e. The minimum atomic E-state index is -1.92. The number of nitrogens with zero attached hydrogens (tertiary/aromatic N) is 3. The summed E-state index contributed by atoms with van der Waals surface area (Å²) < 4.78 is 27.4. The Balaban J connectivity index is 1.55. The van der Waals surface area contributed by atoms with E-state index in [9.17, 15) is 19.5 Å². The molecule has 0 saturated carbocycles. The third-order valence-electron chi connectivity index (χ3n) is 8.21. The number of esters is 1. The highest BCUT2D eigenvalue weighted by molar-refractivity contribution is 5.92. The van der Waals surface area contributed by atoms with E-state index < -0.39 is 23.3 Å². The number of hydrogen-bond acceptors (Lipinski definition) is 7. The number of fused-ring (bicyclic) bond motifs is 5. The van der Waals surface area contributed by atoms with Gasteiger partial charge in [0, 0.05) is 36.2 Å². The van der Waals surface area contributed by atoms with Crippen molar-refractivity contribution in [1.82, 2.24) is 14.5 Å². The fraction of sp³-hybridized carbons (Fsp3) is 0.484. The molecule has 5 rings (SSSR count). The number of halogens is 1. The minimum Gasteiger partial charge on any atom is -0.458 e. The van der Waals surface area contributed by atoms with Crippen LogP contribution in [0.15, 0.2) is 16.9 Å². The number of aryl methyl sites for hydroxylation is 2. The third-order valence-corrected chi connectivity index (χ3v) is 8.21. The van der Waals surface area contributed by atoms with E-state index in [1.165, 1.54) is 11.0 Å². The van der Waals surface area contributed by atoms with Crippen LogP contribution in [0.25, 0.3) is 22.3 Å². The van der Waals surface area contributed by atoms with Gasteiger partial charge in [0.25, 0.3) is 5.56 Å². The third kappa shape index (κ3) is 4.67. The van der Waals surface area contributed by atoms with Crippen LogP contribution >= 0.6 is 0 Å². The lowest BCUT2D eigenvalue weighted by atomic mass is 9.86. The van der Waals surface area contributed by atoms with Gasteiger partial charge in [0.2, 0.25) is 0 Å². The number of hydrogen-bond donors (Lipinski definition) is 1. The summed E-state index contributed by atoms with van der Waals surface area (Å²) in [5.74, 6) is -1.17. The number of rotatable bonds is 5. The van der Waals surface area contributed by atoms with Crippen molar-refractivity contribution in [3.05, 3.63) is 61.7 Å². The van der Waals surface area contributed by atoms with Gasteiger partial charge in [0.05, 0.1) is 29.0 Å². The molecule has 3 aromatic rings. The quantitative estimate of drug-likeness (QED) is 0.351. The van der Waals surface area contributed by atoms with E-state index in [2.05, 4.69) is 0 Å². The largest absolute Gasteiger partial charge is 0.458 e. The molecule has 2 aliphatic heterocycles. The highest BCUT2D eigenvalue weighted by Crippen LogP contribution is 2.41. The maximum absolute atomic E-state index is 15.2. The molecule has 9 nitrogen and oxygen atoms in total. The van der Waals surface area contributed by atoms with Crippen molar-refractivity contribution in [3.8, 4) is 11.4 Å². The Morgan fingerprint density at radius 1 is 1.22 bits per heavy atom. The van der Waals surface area contributed by atoms with E-state index in [1.807, 2.05) is 27.7 Å². The van der Waals surface area contributed by atoms with Crippen LogP contribution in [0, 0.1) is 19.7 Å². The van der Waals surface area contributed by atoms with Gasteiger partial charge in [-0.3, -0.25) is 4.79 Å². The highest BCUT2D eigenvalue weighted by Gasteiger charge is 2.45. The first-order valence-corrected chi connectivity index (χ1v) is 13.9. The Morgan fingerprint density at radius 3 is 2.59 bits per heavy atom. The number of pyridine rings is 2. The molecule has 1 amide bonds. The van der Waals surface area contributed by atoms with Crippen LogP contribution in [0.3, 0.4) is 0 Å². The van der Waals surface area contributed by atoms with Crippen LogP contribution in [0.2, 0.25) is 0 Å². The highest BCUT2D eigenvalue weighted by atomic mass is 19.1. The lowest BCUT2D eigenvalue weighted by molar-refractivity contribution is -0.172. The average molecular weight is 566 g/mol. The number of aromatic nitrogens is 2. The molecular formula is C31H36FN3O6. The number of amides is 1. The fourth-order valence-electron chi connectivity index (χ4n) is 5.86. The van der Waals surface area contributed by atoms with Gasteiger partial charge < -0.3 is 24.0 Å². The molecule has 1 aromatic carbocycles. The zero-order valence-corrected chi connectivity index (χ0v) is 24.6. The molecule has 1 N–H and O–H groups in total. The molecule has 0 fully saturated rings. The van der Waals surface area contributed by atoms with Gasteiger partial charge in [-0.05, 0) is 76.6 Å². The SMILES string of the molecule is CC[C@@]1(O)C(=O)OCc2c1cc1n(c2=O)Cc2c-1nc1cc(F)c(C)c(CCCN(C)C(=O)OC(C)(C)C)c1c2C. The van der Waals surface area contributed by atoms with Crippen molar-refractivity contribution in [1.29, 1.82) is 0 Å². The standard InChI is InChI=1S/C31H36FN3O6/c1-8-31(39)21-12-24-26-19(14-35(24)27(36)20(21)15-40-28(31)37)17(3)25-18(16(2)22(32)13-23(25)33-26)10-9-11-34(7)29(38)41-30(4,5)6/h12-13,39H,8-11,14-15H2,1-7H3/t31-/m0/s1. The van der Waals surface area contributed by atoms with Crippen molar-refractivity contribution in [3.63, 3.8) is 0 Å². The van der Waals surface area contributed by atoms with Gasteiger partial charge in [-0.25, -0.2) is 19.0 Å². The van der Waals surface area contributed by atoms with Crippen LogP contribution in [0.5, 0.6) is 0 Å². The molecule has 0 saturated heterocycles. The summed E-state index contributed by atoms with van der Waals surface area (Å²) in [6.07, 6.45) is 0.734. The number of carbonyl (C=O) groups is 2. The Kier molecular flexibility index (Phi) is 6.96. The molecule has 2 aliphatic rings. The maximum atomic E-state index is 15.2. The Hall–Kier alpha value is -3.79. The Bertz CT molecular complexity index is 1670. The zero-order valence-electron chi connectivity index (χ0n) is 24.6. The molecule has 2 aromatic heterocycles. The van der Waals surface area contributed by atoms with Crippen LogP contribution in [0.4, 0.5) is 9.18 Å². The lowest BCUT2D eigenvalue weighted by Gasteiger charge is -2.31. The molecule has 41 heavy (non-hydrogen) atoms. The van der Waals surface area contributed by atoms with E-state index in [1.54, 1.807) is 31.5 Å². The second kappa shape index (κ2) is 9.94. The second-order valence-electron chi connectivity index (χ2n) is 12.0. The summed E-state index contributed by atoms with van der Waals surface area (Å²) in [6.45, 7) is 11.3. The molecule has 10 heteroatoms. The Morgan fingerprint density at radius 2 is 1.93 bits per heavy atom. The first kappa shape index (κ1) is 28.7. The molecule has 0 bridgehead atoms. The van der Waals surface area contributed by atoms with Gasteiger partial charge in [0.1, 0.15) is 18.0 Å². The van der Waals surface area contributed by atoms with Crippen molar-refractivity contribution >= 4 is 23.0 Å². The van der Waals surface area contributed by atoms with Gasteiger partial charge in [-0.1, -0.05) is 6.92 Å². The summed E-state index contributed by atoms with van der Waals surface area (Å²) in [6, 6.07) is 3.07. The van der Waals surface area contributed by atoms with Crippen molar-refractivity contribution < 1.29 is 28.6 Å². The molecule has 218 valence electrons. The summed E-state index contributed by atoms with van der Waals surface area (Å²) in [5, 5.41) is 12.0. The van der Waals surface area contributed by atoms with Crippen LogP contribution in [-0.4, -0.2) is 50.8 Å². The van der Waals surface area contributed by atoms with E-state index in [-0.39, 0.29) is 42.1 Å². The number of carbonyl (C=O) groups excluding carboxylic acids is 2. The van der Waals surface area contributed by atoms with E-state index >= 15 is 4.39 Å². The van der Waals surface area contributed by atoms with Crippen LogP contribution in [-0.2, 0) is 39.4 Å². The van der Waals surface area contributed by atoms with Crippen LogP contribution in [0.1, 0.15) is 73.9 Å². The topological polar surface area (TPSA) is 111 Å². The molecule has 0 spiro atoms.